The van der Waals surface area contributed by atoms with Gasteiger partial charge in [0.1, 0.15) is 11.5 Å². The third-order valence-electron chi connectivity index (χ3n) is 3.36. The molecule has 0 aliphatic heterocycles. The van der Waals surface area contributed by atoms with Gasteiger partial charge in [-0.25, -0.2) is 4.79 Å². The molecule has 0 aliphatic rings. The molecule has 0 radical (unpaired) electrons. The van der Waals surface area contributed by atoms with Crippen LogP contribution in [0.25, 0.3) is 0 Å². The normalized spacial score (nSPS) is 10.2. The molecule has 0 heterocycles. The number of hydrogen-bond acceptors (Lipinski definition) is 5. The lowest BCUT2D eigenvalue weighted by atomic mass is 10.2. The monoisotopic (exact) mass is 371 g/mol. The number of nitrogens with one attached hydrogen (secondary N) is 3. The van der Waals surface area contributed by atoms with Crippen LogP contribution in [0.5, 0.6) is 17.2 Å². The van der Waals surface area contributed by atoms with E-state index in [2.05, 4.69) is 16.0 Å². The highest BCUT2D eigenvalue weighted by atomic mass is 16.5. The van der Waals surface area contributed by atoms with E-state index in [0.29, 0.717) is 23.8 Å². The van der Waals surface area contributed by atoms with Crippen molar-refractivity contribution in [1.82, 2.24) is 10.6 Å². The van der Waals surface area contributed by atoms with Crippen LogP contribution >= 0.6 is 0 Å². The van der Waals surface area contributed by atoms with Gasteiger partial charge in [-0.3, -0.25) is 10.1 Å². The van der Waals surface area contributed by atoms with E-state index in [9.17, 15) is 9.59 Å². The van der Waals surface area contributed by atoms with Crippen LogP contribution in [0.2, 0.25) is 0 Å². The van der Waals surface area contributed by atoms with E-state index in [-0.39, 0.29) is 12.6 Å². The van der Waals surface area contributed by atoms with Crippen molar-refractivity contribution in [3.05, 3.63) is 48.5 Å². The second kappa shape index (κ2) is 10.1. The Labute approximate surface area is 159 Å². The summed E-state index contributed by atoms with van der Waals surface area (Å²) in [6, 6.07) is 14.0. The van der Waals surface area contributed by atoms with Gasteiger partial charge in [0, 0.05) is 6.04 Å². The first-order valence-electron chi connectivity index (χ1n) is 8.82. The predicted octanol–water partition coefficient (Wildman–Crippen LogP) is 3.52. The molecule has 3 amide bonds. The average molecular weight is 371 g/mol. The number of para-hydroxylation sites is 2. The average Bonchev–Trinajstić information content (AvgIpc) is 2.62. The summed E-state index contributed by atoms with van der Waals surface area (Å²) in [5.74, 6) is 1.55. The first kappa shape index (κ1) is 20.1. The Hall–Kier alpha value is -3.22. The van der Waals surface area contributed by atoms with E-state index in [1.54, 1.807) is 12.1 Å². The Balaban J connectivity index is 1.95. The lowest BCUT2D eigenvalue weighted by molar-refractivity contribution is -0.118. The Kier molecular flexibility index (Phi) is 7.49. The Morgan fingerprint density at radius 1 is 1.00 bits per heavy atom. The fourth-order valence-corrected chi connectivity index (χ4v) is 2.24. The van der Waals surface area contributed by atoms with Crippen LogP contribution in [0.4, 0.5) is 10.5 Å². The van der Waals surface area contributed by atoms with Gasteiger partial charge in [0.25, 0.3) is 0 Å². The molecule has 2 aromatic carbocycles. The van der Waals surface area contributed by atoms with Crippen LogP contribution in [-0.4, -0.2) is 31.1 Å². The molecule has 0 unspecified atom stereocenters. The minimum absolute atomic E-state index is 0.0472. The molecule has 0 aromatic heterocycles. The number of anilines is 1. The molecule has 0 bridgehead atoms. The quantitative estimate of drug-likeness (QED) is 0.661. The van der Waals surface area contributed by atoms with Crippen molar-refractivity contribution in [3.8, 4) is 17.2 Å². The van der Waals surface area contributed by atoms with Crippen LogP contribution in [0.3, 0.4) is 0 Å². The van der Waals surface area contributed by atoms with Gasteiger partial charge in [-0.1, -0.05) is 12.1 Å². The van der Waals surface area contributed by atoms with E-state index >= 15 is 0 Å². The molecule has 2 rings (SSSR count). The number of carbonyl (C=O) groups is 2. The van der Waals surface area contributed by atoms with Crippen molar-refractivity contribution < 1.29 is 19.1 Å². The molecule has 27 heavy (non-hydrogen) atoms. The highest BCUT2D eigenvalue weighted by Crippen LogP contribution is 2.30. The molecule has 0 atom stereocenters. The van der Waals surface area contributed by atoms with Crippen LogP contribution in [-0.2, 0) is 4.79 Å². The van der Waals surface area contributed by atoms with Gasteiger partial charge in [-0.05, 0) is 57.2 Å². The molecule has 0 aliphatic carbocycles. The molecule has 7 nitrogen and oxygen atoms in total. The second-order valence-electron chi connectivity index (χ2n) is 6.03. The van der Waals surface area contributed by atoms with Gasteiger partial charge in [-0.2, -0.15) is 0 Å². The van der Waals surface area contributed by atoms with Crippen molar-refractivity contribution in [3.63, 3.8) is 0 Å². The van der Waals surface area contributed by atoms with Crippen molar-refractivity contribution in [2.45, 2.75) is 26.8 Å². The van der Waals surface area contributed by atoms with Crippen LogP contribution in [0, 0.1) is 0 Å². The number of hydrogen-bond donors (Lipinski definition) is 3. The molecule has 7 heteroatoms. The van der Waals surface area contributed by atoms with Crippen molar-refractivity contribution in [2.75, 3.05) is 18.5 Å². The van der Waals surface area contributed by atoms with E-state index in [0.717, 1.165) is 5.75 Å². The molecule has 144 valence electrons. The summed E-state index contributed by atoms with van der Waals surface area (Å²) >= 11 is 0. The number of carbonyl (C=O) groups excluding carboxylic acids is 2. The molecule has 0 saturated carbocycles. The van der Waals surface area contributed by atoms with Crippen LogP contribution in [0.1, 0.15) is 20.8 Å². The maximum Gasteiger partial charge on any atom is 0.321 e. The number of urea groups is 1. The van der Waals surface area contributed by atoms with Gasteiger partial charge in [0.05, 0.1) is 18.8 Å². The van der Waals surface area contributed by atoms with Crippen molar-refractivity contribution in [2.24, 2.45) is 0 Å². The van der Waals surface area contributed by atoms with Crippen molar-refractivity contribution in [1.29, 1.82) is 0 Å². The third-order valence-corrected chi connectivity index (χ3v) is 3.36. The second-order valence-corrected chi connectivity index (χ2v) is 6.03. The lowest BCUT2D eigenvalue weighted by Gasteiger charge is -2.14. The largest absolute Gasteiger partial charge is 0.494 e. The fourth-order valence-electron chi connectivity index (χ4n) is 2.24. The molecule has 0 saturated heterocycles. The van der Waals surface area contributed by atoms with Gasteiger partial charge < -0.3 is 20.1 Å². The number of amides is 3. The number of benzene rings is 2. The maximum atomic E-state index is 11.9. The zero-order chi connectivity index (χ0) is 19.6. The van der Waals surface area contributed by atoms with Gasteiger partial charge in [0.15, 0.2) is 5.75 Å². The summed E-state index contributed by atoms with van der Waals surface area (Å²) in [4.78, 5) is 23.4. The first-order valence-corrected chi connectivity index (χ1v) is 8.82. The lowest BCUT2D eigenvalue weighted by Crippen LogP contribution is -2.44. The molecule has 2 aromatic rings. The minimum Gasteiger partial charge on any atom is -0.494 e. The van der Waals surface area contributed by atoms with E-state index in [1.807, 2.05) is 57.2 Å². The number of ether oxygens (including phenoxy) is 2. The Bertz CT molecular complexity index is 760. The molecular formula is C20H25N3O4. The third kappa shape index (κ3) is 6.89. The number of rotatable bonds is 8. The van der Waals surface area contributed by atoms with E-state index in [1.165, 1.54) is 0 Å². The summed E-state index contributed by atoms with van der Waals surface area (Å²) < 4.78 is 11.3. The topological polar surface area (TPSA) is 88.7 Å². The predicted molar refractivity (Wildman–Crippen MR) is 104 cm³/mol. The summed E-state index contributed by atoms with van der Waals surface area (Å²) in [6.07, 6.45) is 0. The molecule has 0 fully saturated rings. The van der Waals surface area contributed by atoms with E-state index in [4.69, 9.17) is 9.47 Å². The van der Waals surface area contributed by atoms with Gasteiger partial charge in [0.2, 0.25) is 5.91 Å². The Morgan fingerprint density at radius 3 is 2.33 bits per heavy atom. The smallest absolute Gasteiger partial charge is 0.321 e. The van der Waals surface area contributed by atoms with Gasteiger partial charge in [-0.15, -0.1) is 0 Å². The zero-order valence-electron chi connectivity index (χ0n) is 15.7. The van der Waals surface area contributed by atoms with Crippen LogP contribution in [0.15, 0.2) is 48.5 Å². The molecular weight excluding hydrogens is 346 g/mol. The standard InChI is InChI=1S/C20H25N3O4/c1-4-26-15-9-11-16(12-10-15)27-18-8-6-5-7-17(18)21-13-19(24)23-20(25)22-14(2)3/h5-12,14,21H,4,13H2,1-3H3,(H2,22,23,24,25). The van der Waals surface area contributed by atoms with Gasteiger partial charge >= 0.3 is 6.03 Å². The molecule has 3 N–H and O–H groups in total. The van der Waals surface area contributed by atoms with E-state index < -0.39 is 11.9 Å². The van der Waals surface area contributed by atoms with Crippen molar-refractivity contribution >= 4 is 17.6 Å². The number of imide groups is 1. The summed E-state index contributed by atoms with van der Waals surface area (Å²) in [5, 5.41) is 7.84. The van der Waals surface area contributed by atoms with Crippen LogP contribution < -0.4 is 25.4 Å². The summed E-state index contributed by atoms with van der Waals surface area (Å²) in [6.45, 7) is 6.10. The SMILES string of the molecule is CCOc1ccc(Oc2ccccc2NCC(=O)NC(=O)NC(C)C)cc1. The fraction of sp³-hybridized carbons (Fsp3) is 0.300. The molecule has 0 spiro atoms. The minimum atomic E-state index is -0.518. The highest BCUT2D eigenvalue weighted by molar-refractivity contribution is 5.96. The summed E-state index contributed by atoms with van der Waals surface area (Å²) in [5.41, 5.74) is 0.644. The highest BCUT2D eigenvalue weighted by Gasteiger charge is 2.10. The maximum absolute atomic E-state index is 11.9. The zero-order valence-corrected chi connectivity index (χ0v) is 15.7. The Morgan fingerprint density at radius 2 is 1.67 bits per heavy atom. The first-order chi connectivity index (χ1) is 13.0. The summed E-state index contributed by atoms with van der Waals surface area (Å²) in [7, 11) is 0.